The van der Waals surface area contributed by atoms with E-state index in [9.17, 15) is 4.79 Å². The van der Waals surface area contributed by atoms with Crippen molar-refractivity contribution in [3.8, 4) is 39.6 Å². The van der Waals surface area contributed by atoms with Gasteiger partial charge in [0.1, 0.15) is 9.71 Å². The van der Waals surface area contributed by atoms with E-state index >= 15 is 0 Å². The molecule has 1 aliphatic rings. The highest BCUT2D eigenvalue weighted by Gasteiger charge is 2.28. The Hall–Kier alpha value is -4.60. The van der Waals surface area contributed by atoms with Gasteiger partial charge >= 0.3 is 0 Å². The summed E-state index contributed by atoms with van der Waals surface area (Å²) in [6.07, 6.45) is 0. The van der Waals surface area contributed by atoms with Crippen molar-refractivity contribution in [1.29, 1.82) is 0 Å². The summed E-state index contributed by atoms with van der Waals surface area (Å²) in [5.41, 5.74) is 11.9. The summed E-state index contributed by atoms with van der Waals surface area (Å²) in [7, 11) is 4.76. The van der Waals surface area contributed by atoms with E-state index in [1.54, 1.807) is 21.3 Å². The van der Waals surface area contributed by atoms with E-state index in [0.29, 0.717) is 45.7 Å². The van der Waals surface area contributed by atoms with Crippen LogP contribution in [0.5, 0.6) is 17.2 Å². The largest absolute Gasteiger partial charge is 0.493 e. The fourth-order valence-electron chi connectivity index (χ4n) is 5.60. The molecule has 5 aromatic rings. The van der Waals surface area contributed by atoms with Crippen molar-refractivity contribution in [2.45, 2.75) is 6.54 Å². The van der Waals surface area contributed by atoms with Gasteiger partial charge in [0.05, 0.1) is 32.7 Å². The maximum atomic E-state index is 13.9. The molecule has 1 aliphatic heterocycles. The van der Waals surface area contributed by atoms with E-state index in [1.807, 2.05) is 59.5 Å². The Morgan fingerprint density at radius 1 is 0.837 bits per heavy atom. The molecule has 0 unspecified atom stereocenters. The number of amides is 1. The molecule has 0 saturated carbocycles. The molecule has 43 heavy (non-hydrogen) atoms. The first-order valence-electron chi connectivity index (χ1n) is 14.1. The highest BCUT2D eigenvalue weighted by Crippen LogP contribution is 2.46. The Bertz CT molecular complexity index is 1720. The highest BCUT2D eigenvalue weighted by molar-refractivity contribution is 7.21. The molecule has 220 valence electrons. The van der Waals surface area contributed by atoms with Crippen molar-refractivity contribution in [1.82, 2.24) is 14.8 Å². The average molecular weight is 595 g/mol. The van der Waals surface area contributed by atoms with E-state index in [2.05, 4.69) is 29.2 Å². The van der Waals surface area contributed by atoms with Gasteiger partial charge in [-0.15, -0.1) is 11.3 Å². The van der Waals surface area contributed by atoms with Gasteiger partial charge in [-0.1, -0.05) is 60.7 Å². The van der Waals surface area contributed by atoms with Crippen LogP contribution in [0.1, 0.15) is 15.2 Å². The van der Waals surface area contributed by atoms with Crippen LogP contribution in [-0.4, -0.2) is 68.2 Å². The molecule has 1 saturated heterocycles. The topological polar surface area (TPSA) is 90.2 Å². The van der Waals surface area contributed by atoms with Gasteiger partial charge < -0.3 is 24.8 Å². The number of ether oxygens (including phenoxy) is 3. The summed E-state index contributed by atoms with van der Waals surface area (Å²) in [6, 6.07) is 26.2. The molecule has 0 spiro atoms. The van der Waals surface area contributed by atoms with Crippen molar-refractivity contribution in [3.63, 3.8) is 0 Å². The first-order valence-corrected chi connectivity index (χ1v) is 15.0. The molecule has 0 aliphatic carbocycles. The van der Waals surface area contributed by atoms with Crippen molar-refractivity contribution >= 4 is 33.1 Å². The minimum absolute atomic E-state index is 0.0584. The molecular weight excluding hydrogens is 560 g/mol. The number of carbonyl (C=O) groups is 1. The number of fused-ring (bicyclic) bond motifs is 1. The maximum Gasteiger partial charge on any atom is 0.266 e. The number of nitrogens with zero attached hydrogens (tertiary/aromatic N) is 3. The number of anilines is 1. The number of hydrogen-bond donors (Lipinski definition) is 1. The van der Waals surface area contributed by atoms with Crippen molar-refractivity contribution < 1.29 is 19.0 Å². The Labute approximate surface area is 255 Å². The summed E-state index contributed by atoms with van der Waals surface area (Å²) in [6.45, 7) is 3.76. The smallest absolute Gasteiger partial charge is 0.266 e. The van der Waals surface area contributed by atoms with Crippen molar-refractivity contribution in [2.75, 3.05) is 53.2 Å². The number of aromatic nitrogens is 1. The van der Waals surface area contributed by atoms with Crippen LogP contribution < -0.4 is 19.9 Å². The molecule has 0 bridgehead atoms. The molecule has 2 aromatic heterocycles. The molecule has 1 fully saturated rings. The number of methoxy groups -OCH3 is 3. The van der Waals surface area contributed by atoms with Gasteiger partial charge in [0, 0.05) is 43.7 Å². The van der Waals surface area contributed by atoms with Crippen LogP contribution in [0.4, 0.5) is 5.69 Å². The van der Waals surface area contributed by atoms with Gasteiger partial charge in [-0.2, -0.15) is 0 Å². The van der Waals surface area contributed by atoms with Gasteiger partial charge in [-0.05, 0) is 34.9 Å². The average Bonchev–Trinajstić information content (AvgIpc) is 3.40. The lowest BCUT2D eigenvalue weighted by Gasteiger charge is -2.34. The fraction of sp³-hybridized carbons (Fsp3) is 0.235. The minimum Gasteiger partial charge on any atom is -0.493 e. The second kappa shape index (κ2) is 12.3. The third kappa shape index (κ3) is 5.61. The van der Waals surface area contributed by atoms with E-state index in [-0.39, 0.29) is 5.91 Å². The summed E-state index contributed by atoms with van der Waals surface area (Å²) < 4.78 is 16.9. The number of hydrogen-bond acceptors (Lipinski definition) is 8. The quantitative estimate of drug-likeness (QED) is 0.229. The Morgan fingerprint density at radius 3 is 2.07 bits per heavy atom. The van der Waals surface area contributed by atoms with E-state index in [1.165, 1.54) is 16.9 Å². The molecular formula is C34H34N4O4S. The SMILES string of the molecule is COc1cc(-c2cc(-c3ccccc3)nc3sc(C(=O)N4CCN(Cc5ccccc5)CC4)c(N)c23)cc(OC)c1OC. The van der Waals surface area contributed by atoms with Crippen LogP contribution >= 0.6 is 11.3 Å². The maximum absolute atomic E-state index is 13.9. The van der Waals surface area contributed by atoms with Crippen molar-refractivity contribution in [2.24, 2.45) is 0 Å². The third-order valence-electron chi connectivity index (χ3n) is 7.85. The van der Waals surface area contributed by atoms with Crippen LogP contribution in [0.3, 0.4) is 0 Å². The fourth-order valence-corrected chi connectivity index (χ4v) is 6.68. The van der Waals surface area contributed by atoms with Crippen LogP contribution in [0, 0.1) is 0 Å². The van der Waals surface area contributed by atoms with Crippen molar-refractivity contribution in [3.05, 3.63) is 89.3 Å². The molecule has 3 aromatic carbocycles. The normalized spacial score (nSPS) is 13.7. The number of piperazine rings is 1. The number of benzene rings is 3. The predicted octanol–water partition coefficient (Wildman–Crippen LogP) is 6.20. The number of thiophene rings is 1. The lowest BCUT2D eigenvalue weighted by molar-refractivity contribution is 0.0634. The van der Waals surface area contributed by atoms with Crippen LogP contribution in [0.25, 0.3) is 32.6 Å². The van der Waals surface area contributed by atoms with Gasteiger partial charge in [-0.25, -0.2) is 4.98 Å². The summed E-state index contributed by atoms with van der Waals surface area (Å²) in [5, 5.41) is 0.741. The standard InChI is InChI=1S/C34H34N4O4S/c1-40-27-18-24(19-28(41-2)31(27)42-3)25-20-26(23-12-8-5-9-13-23)36-33-29(25)30(35)32(43-33)34(39)38-16-14-37(15-17-38)21-22-10-6-4-7-11-22/h4-13,18-20H,14-17,21,35H2,1-3H3. The molecule has 8 nitrogen and oxygen atoms in total. The lowest BCUT2D eigenvalue weighted by Crippen LogP contribution is -2.48. The molecule has 0 radical (unpaired) electrons. The van der Waals surface area contributed by atoms with Gasteiger partial charge in [-0.3, -0.25) is 9.69 Å². The molecule has 0 atom stereocenters. The predicted molar refractivity (Wildman–Crippen MR) is 172 cm³/mol. The first kappa shape index (κ1) is 28.5. The summed E-state index contributed by atoms with van der Waals surface area (Å²) in [5.74, 6) is 1.50. The lowest BCUT2D eigenvalue weighted by atomic mass is 9.98. The van der Waals surface area contributed by atoms with Gasteiger partial charge in [0.25, 0.3) is 5.91 Å². The first-order chi connectivity index (χ1) is 21.0. The van der Waals surface area contributed by atoms with Gasteiger partial charge in [0.2, 0.25) is 5.75 Å². The number of carbonyl (C=O) groups excluding carboxylic acids is 1. The second-order valence-corrected chi connectivity index (χ2v) is 11.4. The molecule has 9 heteroatoms. The summed E-state index contributed by atoms with van der Waals surface area (Å²) in [4.78, 5) is 24.4. The number of rotatable bonds is 8. The minimum atomic E-state index is -0.0584. The van der Waals surface area contributed by atoms with E-state index < -0.39 is 0 Å². The monoisotopic (exact) mass is 594 g/mol. The molecule has 2 N–H and O–H groups in total. The summed E-state index contributed by atoms with van der Waals surface area (Å²) >= 11 is 1.35. The van der Waals surface area contributed by atoms with Crippen LogP contribution in [0.2, 0.25) is 0 Å². The molecule has 1 amide bonds. The molecule has 3 heterocycles. The Morgan fingerprint density at radius 2 is 1.47 bits per heavy atom. The number of nitrogen functional groups attached to an aromatic ring is 1. The second-order valence-electron chi connectivity index (χ2n) is 10.4. The van der Waals surface area contributed by atoms with E-state index in [4.69, 9.17) is 24.9 Å². The van der Waals surface area contributed by atoms with Crippen LogP contribution in [0.15, 0.2) is 78.9 Å². The zero-order valence-corrected chi connectivity index (χ0v) is 25.3. The van der Waals surface area contributed by atoms with Crippen LogP contribution in [-0.2, 0) is 6.54 Å². The third-order valence-corrected chi connectivity index (χ3v) is 8.93. The van der Waals surface area contributed by atoms with Gasteiger partial charge in [0.15, 0.2) is 11.5 Å². The highest BCUT2D eigenvalue weighted by atomic mass is 32.1. The Balaban J connectivity index is 1.39. The Kier molecular flexibility index (Phi) is 8.18. The molecule has 6 rings (SSSR count). The zero-order chi connectivity index (χ0) is 29.9. The van der Waals surface area contributed by atoms with E-state index in [0.717, 1.165) is 47.4 Å². The number of nitrogens with two attached hydrogens (primary N) is 1. The number of pyridine rings is 1. The zero-order valence-electron chi connectivity index (χ0n) is 24.5.